The van der Waals surface area contributed by atoms with Crippen LogP contribution in [-0.4, -0.2) is 6.43 Å². The van der Waals surface area contributed by atoms with Gasteiger partial charge in [-0.2, -0.15) is 0 Å². The monoisotopic (exact) mass is 219 g/mol. The molecule has 1 nitrogen and oxygen atoms in total. The zero-order valence-electron chi connectivity index (χ0n) is 7.81. The van der Waals surface area contributed by atoms with Crippen molar-refractivity contribution in [2.24, 2.45) is 5.73 Å². The molecule has 78 valence electrons. The number of rotatable bonds is 3. The lowest BCUT2D eigenvalue weighted by Crippen LogP contribution is -2.15. The Hall–Kier alpha value is -0.670. The molecule has 0 radical (unpaired) electrons. The van der Waals surface area contributed by atoms with Crippen LogP contribution < -0.4 is 5.73 Å². The SMILES string of the molecule is Cc1cccc(Cl)c1[C@@H](N)CC(F)F. The predicted molar refractivity (Wildman–Crippen MR) is 53.7 cm³/mol. The molecule has 1 aromatic carbocycles. The van der Waals surface area contributed by atoms with Gasteiger partial charge in [-0.15, -0.1) is 0 Å². The van der Waals surface area contributed by atoms with Crippen LogP contribution in [-0.2, 0) is 0 Å². The summed E-state index contributed by atoms with van der Waals surface area (Å²) < 4.78 is 24.2. The van der Waals surface area contributed by atoms with E-state index in [0.717, 1.165) is 5.56 Å². The van der Waals surface area contributed by atoms with Gasteiger partial charge in [0.15, 0.2) is 0 Å². The number of aryl methyl sites for hydroxylation is 1. The molecule has 0 amide bonds. The summed E-state index contributed by atoms with van der Waals surface area (Å²) in [7, 11) is 0. The van der Waals surface area contributed by atoms with Crippen molar-refractivity contribution in [1.29, 1.82) is 0 Å². The summed E-state index contributed by atoms with van der Waals surface area (Å²) in [6.07, 6.45) is -2.76. The molecule has 0 heterocycles. The third-order valence-corrected chi connectivity index (χ3v) is 2.40. The summed E-state index contributed by atoms with van der Waals surface area (Å²) in [5.41, 5.74) is 7.11. The Morgan fingerprint density at radius 3 is 2.57 bits per heavy atom. The highest BCUT2D eigenvalue weighted by Crippen LogP contribution is 2.28. The van der Waals surface area contributed by atoms with Crippen molar-refractivity contribution in [3.05, 3.63) is 34.3 Å². The molecule has 14 heavy (non-hydrogen) atoms. The second-order valence-electron chi connectivity index (χ2n) is 3.20. The minimum absolute atomic E-state index is 0.357. The molecule has 2 N–H and O–H groups in total. The van der Waals surface area contributed by atoms with Gasteiger partial charge >= 0.3 is 0 Å². The fourth-order valence-electron chi connectivity index (χ4n) is 1.42. The average Bonchev–Trinajstić information content (AvgIpc) is 2.01. The lowest BCUT2D eigenvalue weighted by Gasteiger charge is -2.15. The number of halogens is 3. The number of nitrogens with two attached hydrogens (primary N) is 1. The van der Waals surface area contributed by atoms with Crippen molar-refractivity contribution < 1.29 is 8.78 Å². The van der Waals surface area contributed by atoms with Gasteiger partial charge in [-0.1, -0.05) is 23.7 Å². The van der Waals surface area contributed by atoms with Gasteiger partial charge in [-0.05, 0) is 24.1 Å². The van der Waals surface area contributed by atoms with Gasteiger partial charge in [0.05, 0.1) is 0 Å². The molecule has 0 fully saturated rings. The van der Waals surface area contributed by atoms with E-state index in [1.54, 1.807) is 12.1 Å². The zero-order chi connectivity index (χ0) is 10.7. The minimum atomic E-state index is -2.40. The number of benzene rings is 1. The van der Waals surface area contributed by atoms with Crippen LogP contribution in [0.3, 0.4) is 0 Å². The van der Waals surface area contributed by atoms with E-state index in [1.807, 2.05) is 13.0 Å². The van der Waals surface area contributed by atoms with E-state index < -0.39 is 12.5 Å². The van der Waals surface area contributed by atoms with Crippen molar-refractivity contribution in [1.82, 2.24) is 0 Å². The van der Waals surface area contributed by atoms with Crippen molar-refractivity contribution in [2.45, 2.75) is 25.8 Å². The lowest BCUT2D eigenvalue weighted by atomic mass is 10.00. The smallest absolute Gasteiger partial charge is 0.240 e. The van der Waals surface area contributed by atoms with Crippen LogP contribution in [0.5, 0.6) is 0 Å². The summed E-state index contributed by atoms with van der Waals surface area (Å²) in [6, 6.07) is 4.56. The Morgan fingerprint density at radius 2 is 2.07 bits per heavy atom. The maximum absolute atomic E-state index is 12.1. The van der Waals surface area contributed by atoms with Crippen LogP contribution in [0.25, 0.3) is 0 Å². The molecule has 4 heteroatoms. The molecule has 0 aliphatic carbocycles. The molecule has 0 bridgehead atoms. The van der Waals surface area contributed by atoms with E-state index in [2.05, 4.69) is 0 Å². The molecule has 0 aliphatic heterocycles. The molecule has 0 unspecified atom stereocenters. The summed E-state index contributed by atoms with van der Waals surface area (Å²) in [5.74, 6) is 0. The van der Waals surface area contributed by atoms with Crippen LogP contribution in [0.4, 0.5) is 8.78 Å². The first kappa shape index (κ1) is 11.4. The van der Waals surface area contributed by atoms with Gasteiger partial charge < -0.3 is 5.73 Å². The van der Waals surface area contributed by atoms with E-state index >= 15 is 0 Å². The molecule has 0 aliphatic rings. The molecule has 0 aromatic heterocycles. The lowest BCUT2D eigenvalue weighted by molar-refractivity contribution is 0.128. The predicted octanol–water partition coefficient (Wildman–Crippen LogP) is 3.30. The first-order chi connectivity index (χ1) is 6.52. The molecular weight excluding hydrogens is 208 g/mol. The van der Waals surface area contributed by atoms with Crippen LogP contribution in [0.1, 0.15) is 23.6 Å². The summed E-state index contributed by atoms with van der Waals surface area (Å²) in [4.78, 5) is 0. The fraction of sp³-hybridized carbons (Fsp3) is 0.400. The number of alkyl halides is 2. The van der Waals surface area contributed by atoms with Crippen molar-refractivity contribution >= 4 is 11.6 Å². The summed E-state index contributed by atoms with van der Waals surface area (Å²) >= 11 is 5.88. The van der Waals surface area contributed by atoms with E-state index in [-0.39, 0.29) is 6.42 Å². The van der Waals surface area contributed by atoms with E-state index in [4.69, 9.17) is 17.3 Å². The maximum Gasteiger partial charge on any atom is 0.240 e. The van der Waals surface area contributed by atoms with Crippen molar-refractivity contribution in [3.63, 3.8) is 0 Å². The minimum Gasteiger partial charge on any atom is -0.324 e. The maximum atomic E-state index is 12.1. The van der Waals surface area contributed by atoms with Crippen LogP contribution in [0, 0.1) is 6.92 Å². The van der Waals surface area contributed by atoms with Gasteiger partial charge in [-0.3, -0.25) is 0 Å². The molecule has 0 saturated heterocycles. The van der Waals surface area contributed by atoms with Crippen molar-refractivity contribution in [2.75, 3.05) is 0 Å². The summed E-state index contributed by atoms with van der Waals surface area (Å²) in [5, 5.41) is 0.457. The van der Waals surface area contributed by atoms with Gasteiger partial charge in [0, 0.05) is 17.5 Å². The van der Waals surface area contributed by atoms with Gasteiger partial charge in [0.2, 0.25) is 6.43 Å². The molecule has 1 rings (SSSR count). The second kappa shape index (κ2) is 4.71. The Morgan fingerprint density at radius 1 is 1.43 bits per heavy atom. The van der Waals surface area contributed by atoms with E-state index in [1.165, 1.54) is 0 Å². The van der Waals surface area contributed by atoms with E-state index in [9.17, 15) is 8.78 Å². The van der Waals surface area contributed by atoms with Crippen LogP contribution in [0.15, 0.2) is 18.2 Å². The molecule has 0 spiro atoms. The molecular formula is C10H12ClF2N. The van der Waals surface area contributed by atoms with Gasteiger partial charge in [0.25, 0.3) is 0 Å². The van der Waals surface area contributed by atoms with Gasteiger partial charge in [-0.25, -0.2) is 8.78 Å². The third kappa shape index (κ3) is 2.66. The normalized spacial score (nSPS) is 13.3. The third-order valence-electron chi connectivity index (χ3n) is 2.07. The second-order valence-corrected chi connectivity index (χ2v) is 3.61. The highest BCUT2D eigenvalue weighted by atomic mass is 35.5. The van der Waals surface area contributed by atoms with E-state index in [0.29, 0.717) is 10.6 Å². The Kier molecular flexibility index (Phi) is 3.84. The van der Waals surface area contributed by atoms with Crippen molar-refractivity contribution in [3.8, 4) is 0 Å². The molecule has 1 atom stereocenters. The highest BCUT2D eigenvalue weighted by Gasteiger charge is 2.17. The van der Waals surface area contributed by atoms with Crippen LogP contribution in [0.2, 0.25) is 5.02 Å². The zero-order valence-corrected chi connectivity index (χ0v) is 8.56. The Balaban J connectivity index is 2.94. The Bertz CT molecular complexity index is 295. The molecule has 1 aromatic rings. The standard InChI is InChI=1S/C10H12ClF2N/c1-6-3-2-4-7(11)10(6)8(14)5-9(12)13/h2-4,8-9H,5,14H2,1H3/t8-/m0/s1. The first-order valence-corrected chi connectivity index (χ1v) is 4.69. The largest absolute Gasteiger partial charge is 0.324 e. The first-order valence-electron chi connectivity index (χ1n) is 4.31. The average molecular weight is 220 g/mol. The fourth-order valence-corrected chi connectivity index (χ4v) is 1.79. The van der Waals surface area contributed by atoms with Gasteiger partial charge in [0.1, 0.15) is 0 Å². The highest BCUT2D eigenvalue weighted by molar-refractivity contribution is 6.31. The topological polar surface area (TPSA) is 26.0 Å². The number of hydrogen-bond donors (Lipinski definition) is 1. The summed E-state index contributed by atoms with van der Waals surface area (Å²) in [6.45, 7) is 1.81. The quantitative estimate of drug-likeness (QED) is 0.830. The van der Waals surface area contributed by atoms with Crippen LogP contribution >= 0.6 is 11.6 Å². The number of hydrogen-bond acceptors (Lipinski definition) is 1. The molecule has 0 saturated carbocycles. The Labute approximate surface area is 86.9 Å².